The Kier molecular flexibility index (Phi) is 10.5. The number of aryl methyl sites for hydroxylation is 1. The highest BCUT2D eigenvalue weighted by atomic mass is 35.5. The number of alkyl halides is 3. The predicted octanol–water partition coefficient (Wildman–Crippen LogP) is 6.91. The maximum Gasteiger partial charge on any atom is 0.416 e. The number of benzene rings is 3. The Bertz CT molecular complexity index is 2170. The molecule has 2 heterocycles. The fourth-order valence-electron chi connectivity index (χ4n) is 3.80. The number of ether oxygens (including phenoxy) is 1. The summed E-state index contributed by atoms with van der Waals surface area (Å²) in [7, 11) is -8.62. The molecule has 0 aliphatic carbocycles. The van der Waals surface area contributed by atoms with E-state index >= 15 is 0 Å². The van der Waals surface area contributed by atoms with Gasteiger partial charge in [-0.15, -0.1) is 0 Å². The van der Waals surface area contributed by atoms with Crippen molar-refractivity contribution in [2.45, 2.75) is 22.9 Å². The molecule has 252 valence electrons. The Labute approximate surface area is 275 Å². The second-order valence-electron chi connectivity index (χ2n) is 9.61. The first-order valence-corrected chi connectivity index (χ1v) is 16.3. The highest BCUT2D eigenvalue weighted by Gasteiger charge is 2.32. The second kappa shape index (κ2) is 14.1. The van der Waals surface area contributed by atoms with E-state index in [1.54, 1.807) is 12.1 Å². The molecule has 48 heavy (non-hydrogen) atoms. The van der Waals surface area contributed by atoms with Crippen LogP contribution in [0.5, 0.6) is 11.5 Å². The van der Waals surface area contributed by atoms with E-state index in [9.17, 15) is 38.8 Å². The third-order valence-corrected chi connectivity index (χ3v) is 8.57. The number of halogens is 6. The van der Waals surface area contributed by atoms with Crippen LogP contribution in [0, 0.1) is 18.6 Å². The zero-order chi connectivity index (χ0) is 35.4. The van der Waals surface area contributed by atoms with E-state index in [-0.39, 0.29) is 38.4 Å². The normalized spacial score (nSPS) is 11.8. The maximum atomic E-state index is 14.9. The molecule has 0 spiro atoms. The Hall–Kier alpha value is -4.91. The van der Waals surface area contributed by atoms with Crippen molar-refractivity contribution < 1.29 is 48.1 Å². The zero-order valence-corrected chi connectivity index (χ0v) is 26.5. The van der Waals surface area contributed by atoms with Crippen LogP contribution in [0.3, 0.4) is 0 Å². The molecule has 5 aromatic rings. The molecule has 0 unspecified atom stereocenters. The van der Waals surface area contributed by atoms with Crippen LogP contribution in [0.25, 0.3) is 11.1 Å². The first-order valence-electron chi connectivity index (χ1n) is 13.0. The Balaban J connectivity index is 0.000000401. The van der Waals surface area contributed by atoms with E-state index in [4.69, 9.17) is 26.6 Å². The summed E-state index contributed by atoms with van der Waals surface area (Å²) < 4.78 is 130. The van der Waals surface area contributed by atoms with Gasteiger partial charge in [0.25, 0.3) is 20.1 Å². The van der Waals surface area contributed by atoms with Crippen LogP contribution in [0.1, 0.15) is 11.1 Å². The molecule has 4 N–H and O–H groups in total. The molecule has 0 aliphatic rings. The van der Waals surface area contributed by atoms with Gasteiger partial charge in [-0.3, -0.25) is 4.55 Å². The van der Waals surface area contributed by atoms with Crippen molar-refractivity contribution in [1.82, 2.24) is 15.0 Å². The molecule has 0 aliphatic heterocycles. The molecule has 0 saturated carbocycles. The summed E-state index contributed by atoms with van der Waals surface area (Å²) in [5, 5.41) is -0.387. The SMILES string of the molecule is Cc1ccc(S(=O)(=O)O)cc1.Nc1cc(-c2cc(C(F)(F)F)ccc2Oc2cc(F)c(S(=O)(=O)Nc3ncc(F)cn3)cc2Cl)ccn1. The minimum atomic E-state index is -4.67. The third kappa shape index (κ3) is 9.12. The van der Waals surface area contributed by atoms with Crippen molar-refractivity contribution >= 4 is 43.5 Å². The number of nitrogens with one attached hydrogen (secondary N) is 1. The Morgan fingerprint density at radius 3 is 2.10 bits per heavy atom. The van der Waals surface area contributed by atoms with Gasteiger partial charge in [-0.1, -0.05) is 29.3 Å². The summed E-state index contributed by atoms with van der Waals surface area (Å²) in [4.78, 5) is 9.69. The van der Waals surface area contributed by atoms with Crippen LogP contribution in [0.2, 0.25) is 5.02 Å². The molecular formula is C29H21ClF5N5O6S2. The molecule has 0 atom stereocenters. The van der Waals surface area contributed by atoms with Crippen LogP contribution in [-0.4, -0.2) is 36.3 Å². The standard InChI is InChI=1S/C22H13ClF5N5O3S.C7H8O3S/c23-15-7-19(37(34,35)33-21-31-9-13(24)10-32-21)16(25)8-18(15)36-17-2-1-12(22(26,27)28)6-14(17)11-3-4-30-20(29)5-11;1-6-2-4-7(5-3-6)11(8,9)10/h1-10H,(H2,29,30)(H,31,32,33);2-5H,1H3,(H,8,9,10). The van der Waals surface area contributed by atoms with Crippen molar-refractivity contribution in [1.29, 1.82) is 0 Å². The monoisotopic (exact) mass is 729 g/mol. The molecular weight excluding hydrogens is 709 g/mol. The van der Waals surface area contributed by atoms with E-state index < -0.39 is 54.4 Å². The van der Waals surface area contributed by atoms with Gasteiger partial charge in [-0.25, -0.2) is 36.9 Å². The van der Waals surface area contributed by atoms with Crippen molar-refractivity contribution in [3.05, 3.63) is 113 Å². The van der Waals surface area contributed by atoms with Gasteiger partial charge in [0.15, 0.2) is 5.82 Å². The molecule has 5 rings (SSSR count). The minimum Gasteiger partial charge on any atom is -0.455 e. The zero-order valence-electron chi connectivity index (χ0n) is 24.1. The number of rotatable bonds is 7. The molecule has 0 fully saturated rings. The van der Waals surface area contributed by atoms with Crippen molar-refractivity contribution in [3.8, 4) is 22.6 Å². The highest BCUT2D eigenvalue weighted by molar-refractivity contribution is 7.92. The first kappa shape index (κ1) is 35.9. The van der Waals surface area contributed by atoms with E-state index in [0.29, 0.717) is 18.5 Å². The molecule has 2 aromatic heterocycles. The van der Waals surface area contributed by atoms with Gasteiger partial charge in [-0.05, 0) is 61.0 Å². The van der Waals surface area contributed by atoms with E-state index in [2.05, 4.69) is 15.0 Å². The van der Waals surface area contributed by atoms with Crippen LogP contribution in [0.15, 0.2) is 95.1 Å². The maximum absolute atomic E-state index is 14.9. The Morgan fingerprint density at radius 2 is 1.52 bits per heavy atom. The lowest BCUT2D eigenvalue weighted by Gasteiger charge is -2.16. The lowest BCUT2D eigenvalue weighted by molar-refractivity contribution is -0.137. The predicted molar refractivity (Wildman–Crippen MR) is 164 cm³/mol. The first-order chi connectivity index (χ1) is 22.3. The van der Waals surface area contributed by atoms with E-state index in [0.717, 1.165) is 29.8 Å². The number of nitrogen functional groups attached to an aromatic ring is 1. The van der Waals surface area contributed by atoms with Gasteiger partial charge in [0.2, 0.25) is 5.95 Å². The average molecular weight is 730 g/mol. The van der Waals surface area contributed by atoms with Crippen LogP contribution in [0.4, 0.5) is 33.7 Å². The minimum absolute atomic E-state index is 0.0251. The number of hydrogen-bond donors (Lipinski definition) is 3. The van der Waals surface area contributed by atoms with Crippen molar-refractivity contribution in [2.75, 3.05) is 10.5 Å². The largest absolute Gasteiger partial charge is 0.455 e. The van der Waals surface area contributed by atoms with Crippen LogP contribution in [-0.2, 0) is 26.3 Å². The fourth-order valence-corrected chi connectivity index (χ4v) is 5.59. The smallest absolute Gasteiger partial charge is 0.416 e. The van der Waals surface area contributed by atoms with Gasteiger partial charge in [0.05, 0.1) is 27.9 Å². The number of nitrogens with two attached hydrogens (primary N) is 1. The second-order valence-corrected chi connectivity index (χ2v) is 13.1. The van der Waals surface area contributed by atoms with Gasteiger partial charge >= 0.3 is 6.18 Å². The summed E-state index contributed by atoms with van der Waals surface area (Å²) in [6.07, 6.45) is -2.00. The lowest BCUT2D eigenvalue weighted by Crippen LogP contribution is -2.16. The van der Waals surface area contributed by atoms with Crippen molar-refractivity contribution in [3.63, 3.8) is 0 Å². The topological polar surface area (TPSA) is 174 Å². The molecule has 19 heteroatoms. The number of pyridine rings is 1. The quantitative estimate of drug-likeness (QED) is 0.118. The molecule has 0 radical (unpaired) electrons. The summed E-state index contributed by atoms with van der Waals surface area (Å²) in [5.41, 5.74) is 5.77. The van der Waals surface area contributed by atoms with E-state index in [1.807, 2.05) is 11.6 Å². The van der Waals surface area contributed by atoms with Gasteiger partial charge in [0, 0.05) is 17.8 Å². The van der Waals surface area contributed by atoms with Crippen LogP contribution < -0.4 is 15.2 Å². The number of anilines is 2. The Morgan fingerprint density at radius 1 is 0.875 bits per heavy atom. The third-order valence-electron chi connectivity index (χ3n) is 6.06. The molecule has 0 bridgehead atoms. The number of nitrogens with zero attached hydrogens (tertiary/aromatic N) is 3. The average Bonchev–Trinajstić information content (AvgIpc) is 2.99. The summed E-state index contributed by atoms with van der Waals surface area (Å²) >= 11 is 6.13. The number of sulfonamides is 1. The van der Waals surface area contributed by atoms with Gasteiger partial charge in [-0.2, -0.15) is 21.6 Å². The summed E-state index contributed by atoms with van der Waals surface area (Å²) in [5.74, 6) is -3.18. The lowest BCUT2D eigenvalue weighted by atomic mass is 10.0. The summed E-state index contributed by atoms with van der Waals surface area (Å²) in [6, 6.07) is 12.6. The molecule has 0 saturated heterocycles. The summed E-state index contributed by atoms with van der Waals surface area (Å²) in [6.45, 7) is 1.84. The van der Waals surface area contributed by atoms with Crippen LogP contribution >= 0.6 is 11.6 Å². The fraction of sp³-hybridized carbons (Fsp3) is 0.0690. The highest BCUT2D eigenvalue weighted by Crippen LogP contribution is 2.41. The molecule has 3 aromatic carbocycles. The molecule has 0 amide bonds. The molecule has 11 nitrogen and oxygen atoms in total. The number of hydrogen-bond acceptors (Lipinski definition) is 9. The van der Waals surface area contributed by atoms with E-state index in [1.165, 1.54) is 30.5 Å². The van der Waals surface area contributed by atoms with Gasteiger partial charge in [0.1, 0.15) is 28.0 Å². The van der Waals surface area contributed by atoms with Gasteiger partial charge < -0.3 is 10.5 Å². The van der Waals surface area contributed by atoms with Crippen molar-refractivity contribution in [2.24, 2.45) is 0 Å². The number of aromatic nitrogens is 3.